The third-order valence-corrected chi connectivity index (χ3v) is 5.05. The lowest BCUT2D eigenvalue weighted by molar-refractivity contribution is -0.384. The average molecular weight is 383 g/mol. The highest BCUT2D eigenvalue weighted by molar-refractivity contribution is 5.94. The molecule has 4 rings (SSSR count). The van der Waals surface area contributed by atoms with Gasteiger partial charge < -0.3 is 9.64 Å². The number of carbonyl (C=O) groups excluding carboxylic acids is 1. The molecule has 0 bridgehead atoms. The topological polar surface area (TPSA) is 92.0 Å². The van der Waals surface area contributed by atoms with E-state index in [9.17, 15) is 14.9 Å². The van der Waals surface area contributed by atoms with Crippen LogP contribution >= 0.6 is 0 Å². The van der Waals surface area contributed by atoms with Crippen molar-refractivity contribution in [2.24, 2.45) is 0 Å². The number of carbonyl (C=O) groups is 1. The summed E-state index contributed by atoms with van der Waals surface area (Å²) in [5.41, 5.74) is 2.36. The number of cyclic esters (lactones) is 1. The van der Waals surface area contributed by atoms with Crippen LogP contribution in [0.1, 0.15) is 5.69 Å². The van der Waals surface area contributed by atoms with Crippen LogP contribution in [0.5, 0.6) is 0 Å². The van der Waals surface area contributed by atoms with Gasteiger partial charge in [0.05, 0.1) is 28.5 Å². The summed E-state index contributed by atoms with van der Waals surface area (Å²) in [6, 6.07) is 10.6. The molecule has 2 aromatic rings. The van der Waals surface area contributed by atoms with E-state index in [1.807, 2.05) is 18.2 Å². The highest BCUT2D eigenvalue weighted by atomic mass is 16.6. The van der Waals surface area contributed by atoms with Gasteiger partial charge in [-0.15, -0.1) is 0 Å². The zero-order valence-electron chi connectivity index (χ0n) is 15.4. The van der Waals surface area contributed by atoms with Crippen molar-refractivity contribution in [3.8, 4) is 0 Å². The van der Waals surface area contributed by atoms with E-state index in [1.165, 1.54) is 17.0 Å². The molecule has 0 aliphatic carbocycles. The first-order valence-electron chi connectivity index (χ1n) is 9.22. The molecule has 0 radical (unpaired) electrons. The lowest BCUT2D eigenvalue weighted by Crippen LogP contribution is -2.46. The highest BCUT2D eigenvalue weighted by Crippen LogP contribution is 2.35. The van der Waals surface area contributed by atoms with Crippen LogP contribution in [0.4, 0.5) is 21.9 Å². The number of aromatic nitrogens is 1. The number of nitro groups is 1. The maximum atomic E-state index is 12.0. The van der Waals surface area contributed by atoms with Gasteiger partial charge in [0.1, 0.15) is 6.61 Å². The molecule has 1 aromatic carbocycles. The van der Waals surface area contributed by atoms with Crippen molar-refractivity contribution < 1.29 is 14.5 Å². The fourth-order valence-electron chi connectivity index (χ4n) is 3.59. The van der Waals surface area contributed by atoms with Gasteiger partial charge in [0.15, 0.2) is 0 Å². The largest absolute Gasteiger partial charge is 0.447 e. The summed E-state index contributed by atoms with van der Waals surface area (Å²) in [5.74, 6) is 0. The van der Waals surface area contributed by atoms with E-state index in [4.69, 9.17) is 4.74 Å². The van der Waals surface area contributed by atoms with Gasteiger partial charge in [-0.2, -0.15) is 0 Å². The molecule has 2 aliphatic heterocycles. The third kappa shape index (κ3) is 3.74. The van der Waals surface area contributed by atoms with Gasteiger partial charge in [-0.3, -0.25) is 24.9 Å². The Bertz CT molecular complexity index is 868. The number of nitrogens with zero attached hydrogens (tertiary/aromatic N) is 5. The second-order valence-corrected chi connectivity index (χ2v) is 6.78. The number of amides is 1. The van der Waals surface area contributed by atoms with Gasteiger partial charge in [0.25, 0.3) is 5.69 Å². The molecule has 2 fully saturated rings. The summed E-state index contributed by atoms with van der Waals surface area (Å²) in [5, 5.41) is 11.2. The normalized spacial score (nSPS) is 17.6. The second-order valence-electron chi connectivity index (χ2n) is 6.78. The minimum Gasteiger partial charge on any atom is -0.447 e. The molecule has 0 atom stereocenters. The minimum atomic E-state index is -0.462. The molecule has 3 heterocycles. The second kappa shape index (κ2) is 7.81. The summed E-state index contributed by atoms with van der Waals surface area (Å²) in [4.78, 5) is 33.1. The van der Waals surface area contributed by atoms with Crippen LogP contribution in [-0.2, 0) is 11.3 Å². The molecule has 9 heteroatoms. The SMILES string of the molecule is O=C1OCCN1c1cc([N+](=O)[O-])ccc1N1CCN(Cc2ccccn2)CC1. The molecule has 0 unspecified atom stereocenters. The van der Waals surface area contributed by atoms with Crippen molar-refractivity contribution in [1.82, 2.24) is 9.88 Å². The number of nitro benzene ring substituents is 1. The zero-order chi connectivity index (χ0) is 19.5. The van der Waals surface area contributed by atoms with Gasteiger partial charge >= 0.3 is 6.09 Å². The van der Waals surface area contributed by atoms with E-state index in [2.05, 4.69) is 14.8 Å². The Kier molecular flexibility index (Phi) is 5.07. The van der Waals surface area contributed by atoms with Gasteiger partial charge in [0, 0.05) is 51.1 Å². The Morgan fingerprint density at radius 1 is 1.07 bits per heavy atom. The van der Waals surface area contributed by atoms with Gasteiger partial charge in [0.2, 0.25) is 0 Å². The van der Waals surface area contributed by atoms with Gasteiger partial charge in [-0.1, -0.05) is 6.07 Å². The van der Waals surface area contributed by atoms with Crippen molar-refractivity contribution in [2.45, 2.75) is 6.54 Å². The van der Waals surface area contributed by atoms with E-state index < -0.39 is 11.0 Å². The number of pyridine rings is 1. The van der Waals surface area contributed by atoms with E-state index >= 15 is 0 Å². The number of hydrogen-bond donors (Lipinski definition) is 0. The first-order chi connectivity index (χ1) is 13.6. The number of anilines is 2. The van der Waals surface area contributed by atoms with Crippen LogP contribution in [0.15, 0.2) is 42.6 Å². The quantitative estimate of drug-likeness (QED) is 0.578. The van der Waals surface area contributed by atoms with Gasteiger partial charge in [-0.25, -0.2) is 4.79 Å². The van der Waals surface area contributed by atoms with E-state index in [0.717, 1.165) is 44.1 Å². The molecule has 0 N–H and O–H groups in total. The Morgan fingerprint density at radius 3 is 2.54 bits per heavy atom. The van der Waals surface area contributed by atoms with E-state index in [0.29, 0.717) is 18.8 Å². The predicted octanol–water partition coefficient (Wildman–Crippen LogP) is 2.27. The maximum Gasteiger partial charge on any atom is 0.414 e. The Morgan fingerprint density at radius 2 is 1.89 bits per heavy atom. The molecule has 0 spiro atoms. The first-order valence-corrected chi connectivity index (χ1v) is 9.22. The lowest BCUT2D eigenvalue weighted by atomic mass is 10.1. The fourth-order valence-corrected chi connectivity index (χ4v) is 3.59. The summed E-state index contributed by atoms with van der Waals surface area (Å²) < 4.78 is 5.03. The predicted molar refractivity (Wildman–Crippen MR) is 104 cm³/mol. The maximum absolute atomic E-state index is 12.0. The smallest absolute Gasteiger partial charge is 0.414 e. The van der Waals surface area contributed by atoms with Crippen LogP contribution in [-0.4, -0.2) is 60.2 Å². The van der Waals surface area contributed by atoms with Crippen molar-refractivity contribution in [3.05, 3.63) is 58.4 Å². The fraction of sp³-hybridized carbons (Fsp3) is 0.368. The zero-order valence-corrected chi connectivity index (χ0v) is 15.4. The highest BCUT2D eigenvalue weighted by Gasteiger charge is 2.30. The summed E-state index contributed by atoms with van der Waals surface area (Å²) in [6.07, 6.45) is 1.33. The summed E-state index contributed by atoms with van der Waals surface area (Å²) >= 11 is 0. The molecular formula is C19H21N5O4. The molecule has 146 valence electrons. The monoisotopic (exact) mass is 383 g/mol. The third-order valence-electron chi connectivity index (χ3n) is 5.05. The van der Waals surface area contributed by atoms with Crippen molar-refractivity contribution in [3.63, 3.8) is 0 Å². The molecule has 28 heavy (non-hydrogen) atoms. The van der Waals surface area contributed by atoms with Gasteiger partial charge in [-0.05, 0) is 18.2 Å². The Labute approximate surface area is 162 Å². The van der Waals surface area contributed by atoms with Crippen LogP contribution < -0.4 is 9.80 Å². The minimum absolute atomic E-state index is 0.0350. The number of hydrogen-bond acceptors (Lipinski definition) is 7. The Hall–Kier alpha value is -3.20. The van der Waals surface area contributed by atoms with E-state index in [-0.39, 0.29) is 5.69 Å². The number of non-ortho nitro benzene ring substituents is 1. The summed E-state index contributed by atoms with van der Waals surface area (Å²) in [6.45, 7) is 4.70. The molecule has 1 aromatic heterocycles. The van der Waals surface area contributed by atoms with Crippen LogP contribution in [0.3, 0.4) is 0 Å². The van der Waals surface area contributed by atoms with Crippen molar-refractivity contribution in [1.29, 1.82) is 0 Å². The van der Waals surface area contributed by atoms with Crippen LogP contribution in [0.2, 0.25) is 0 Å². The van der Waals surface area contributed by atoms with Crippen LogP contribution in [0, 0.1) is 10.1 Å². The molecule has 0 saturated carbocycles. The summed E-state index contributed by atoms with van der Waals surface area (Å²) in [7, 11) is 0. The number of benzene rings is 1. The van der Waals surface area contributed by atoms with Crippen molar-refractivity contribution >= 4 is 23.2 Å². The number of ether oxygens (including phenoxy) is 1. The Balaban J connectivity index is 1.51. The molecule has 9 nitrogen and oxygen atoms in total. The first kappa shape index (κ1) is 18.2. The standard InChI is InChI=1S/C19H21N5O4/c25-19-23(11-12-28-19)18-13-16(24(26)27)4-5-17(18)22-9-7-21(8-10-22)14-15-3-1-2-6-20-15/h1-6,13H,7-12,14H2. The van der Waals surface area contributed by atoms with Crippen molar-refractivity contribution in [2.75, 3.05) is 49.1 Å². The van der Waals surface area contributed by atoms with Crippen LogP contribution in [0.25, 0.3) is 0 Å². The number of rotatable bonds is 5. The molecular weight excluding hydrogens is 362 g/mol. The lowest BCUT2D eigenvalue weighted by Gasteiger charge is -2.37. The van der Waals surface area contributed by atoms with E-state index in [1.54, 1.807) is 12.3 Å². The molecule has 1 amide bonds. The number of piperazine rings is 1. The average Bonchev–Trinajstić information content (AvgIpc) is 3.15. The molecule has 2 saturated heterocycles. The molecule has 2 aliphatic rings.